The van der Waals surface area contributed by atoms with Gasteiger partial charge in [0.1, 0.15) is 12.4 Å². The number of ether oxygens (including phenoxy) is 2. The summed E-state index contributed by atoms with van der Waals surface area (Å²) in [6.45, 7) is 6.13. The molecule has 0 saturated carbocycles. The number of rotatable bonds is 8. The Morgan fingerprint density at radius 2 is 1.77 bits per heavy atom. The van der Waals surface area contributed by atoms with E-state index in [1.165, 1.54) is 7.11 Å². The molecule has 6 heteroatoms. The van der Waals surface area contributed by atoms with Crippen LogP contribution in [0.2, 0.25) is 0 Å². The molecule has 2 N–H and O–H groups in total. The van der Waals surface area contributed by atoms with E-state index in [9.17, 15) is 9.59 Å². The van der Waals surface area contributed by atoms with Crippen molar-refractivity contribution in [2.75, 3.05) is 30.9 Å². The molecule has 0 unspecified atom stereocenters. The first-order valence-corrected chi connectivity index (χ1v) is 8.08. The van der Waals surface area contributed by atoms with E-state index in [1.54, 1.807) is 36.4 Å². The van der Waals surface area contributed by atoms with Crippen LogP contribution in [0.3, 0.4) is 0 Å². The Bertz CT molecular complexity index is 785. The highest BCUT2D eigenvalue weighted by Gasteiger charge is 2.08. The van der Waals surface area contributed by atoms with Gasteiger partial charge in [-0.05, 0) is 48.9 Å². The summed E-state index contributed by atoms with van der Waals surface area (Å²) in [7, 11) is 1.33. The van der Waals surface area contributed by atoms with Crippen molar-refractivity contribution < 1.29 is 19.1 Å². The van der Waals surface area contributed by atoms with Gasteiger partial charge in [0.2, 0.25) is 5.91 Å². The van der Waals surface area contributed by atoms with Gasteiger partial charge in [-0.1, -0.05) is 18.7 Å². The van der Waals surface area contributed by atoms with Crippen molar-refractivity contribution in [1.29, 1.82) is 0 Å². The maximum atomic E-state index is 12.2. The van der Waals surface area contributed by atoms with Gasteiger partial charge in [-0.25, -0.2) is 4.79 Å². The Hall–Kier alpha value is -3.28. The third kappa shape index (κ3) is 5.66. The molecule has 0 saturated heterocycles. The monoisotopic (exact) mass is 354 g/mol. The van der Waals surface area contributed by atoms with Gasteiger partial charge in [0.05, 0.1) is 24.9 Å². The first-order valence-electron chi connectivity index (χ1n) is 8.08. The first-order chi connectivity index (χ1) is 12.5. The predicted molar refractivity (Wildman–Crippen MR) is 102 cm³/mol. The second-order valence-corrected chi connectivity index (χ2v) is 5.71. The number of anilines is 2. The van der Waals surface area contributed by atoms with Gasteiger partial charge >= 0.3 is 5.97 Å². The highest BCUT2D eigenvalue weighted by Crippen LogP contribution is 2.24. The molecule has 0 atom stereocenters. The minimum absolute atomic E-state index is 0.0758. The summed E-state index contributed by atoms with van der Waals surface area (Å²) >= 11 is 0. The average molecular weight is 354 g/mol. The van der Waals surface area contributed by atoms with Crippen LogP contribution in [0.5, 0.6) is 5.75 Å². The molecule has 2 rings (SSSR count). The van der Waals surface area contributed by atoms with Gasteiger partial charge in [0, 0.05) is 5.69 Å². The second-order valence-electron chi connectivity index (χ2n) is 5.71. The largest absolute Gasteiger partial charge is 0.487 e. The highest BCUT2D eigenvalue weighted by atomic mass is 16.5. The summed E-state index contributed by atoms with van der Waals surface area (Å²) in [5.41, 5.74) is 2.66. The minimum atomic E-state index is -0.402. The van der Waals surface area contributed by atoms with Gasteiger partial charge in [0.25, 0.3) is 0 Å². The van der Waals surface area contributed by atoms with Crippen molar-refractivity contribution in [3.8, 4) is 5.75 Å². The lowest BCUT2D eigenvalue weighted by Crippen LogP contribution is -2.22. The molecule has 136 valence electrons. The minimum Gasteiger partial charge on any atom is -0.487 e. The number of hydrogen-bond acceptors (Lipinski definition) is 5. The Balaban J connectivity index is 1.91. The number of methoxy groups -OCH3 is 1. The van der Waals surface area contributed by atoms with Crippen molar-refractivity contribution in [3.63, 3.8) is 0 Å². The Labute approximate surface area is 152 Å². The molecule has 0 fully saturated rings. The van der Waals surface area contributed by atoms with Crippen molar-refractivity contribution in [1.82, 2.24) is 0 Å². The molecule has 0 radical (unpaired) electrons. The maximum absolute atomic E-state index is 12.2. The molecule has 1 amide bonds. The van der Waals surface area contributed by atoms with Crippen LogP contribution >= 0.6 is 0 Å². The fourth-order valence-corrected chi connectivity index (χ4v) is 2.12. The van der Waals surface area contributed by atoms with E-state index in [0.29, 0.717) is 23.6 Å². The lowest BCUT2D eigenvalue weighted by atomic mass is 10.2. The normalized spacial score (nSPS) is 9.92. The van der Waals surface area contributed by atoms with E-state index in [2.05, 4.69) is 21.9 Å². The van der Waals surface area contributed by atoms with Crippen LogP contribution in [0.15, 0.2) is 60.7 Å². The third-order valence-electron chi connectivity index (χ3n) is 3.39. The van der Waals surface area contributed by atoms with E-state index >= 15 is 0 Å². The zero-order valence-corrected chi connectivity index (χ0v) is 14.9. The molecule has 0 aliphatic heterocycles. The van der Waals surface area contributed by atoms with Crippen LogP contribution in [-0.4, -0.2) is 32.1 Å². The molecule has 26 heavy (non-hydrogen) atoms. The molecule has 6 nitrogen and oxygen atoms in total. The van der Waals surface area contributed by atoms with Crippen molar-refractivity contribution in [3.05, 3.63) is 66.2 Å². The summed E-state index contributed by atoms with van der Waals surface area (Å²) in [4.78, 5) is 23.6. The molecule has 0 aliphatic rings. The third-order valence-corrected chi connectivity index (χ3v) is 3.39. The van der Waals surface area contributed by atoms with Crippen LogP contribution in [0.4, 0.5) is 11.4 Å². The molecule has 0 heterocycles. The molecule has 2 aromatic rings. The predicted octanol–water partition coefficient (Wildman–Crippen LogP) is 3.48. The average Bonchev–Trinajstić information content (AvgIpc) is 2.65. The van der Waals surface area contributed by atoms with Crippen LogP contribution in [0.1, 0.15) is 17.3 Å². The highest BCUT2D eigenvalue weighted by molar-refractivity contribution is 5.95. The smallest absolute Gasteiger partial charge is 0.337 e. The molecular weight excluding hydrogens is 332 g/mol. The topological polar surface area (TPSA) is 76.7 Å². The second kappa shape index (κ2) is 9.27. The van der Waals surface area contributed by atoms with E-state index in [-0.39, 0.29) is 12.5 Å². The number of esters is 1. The Kier molecular flexibility index (Phi) is 6.79. The van der Waals surface area contributed by atoms with Gasteiger partial charge in [0.15, 0.2) is 0 Å². The van der Waals surface area contributed by atoms with Crippen LogP contribution in [-0.2, 0) is 9.53 Å². The summed E-state index contributed by atoms with van der Waals surface area (Å²) in [6.07, 6.45) is 0. The number of benzene rings is 2. The van der Waals surface area contributed by atoms with Crippen molar-refractivity contribution in [2.45, 2.75) is 6.92 Å². The Morgan fingerprint density at radius 3 is 2.42 bits per heavy atom. The van der Waals surface area contributed by atoms with Gasteiger partial charge in [-0.2, -0.15) is 0 Å². The molecule has 0 spiro atoms. The summed E-state index contributed by atoms with van der Waals surface area (Å²) < 4.78 is 10.3. The van der Waals surface area contributed by atoms with Crippen molar-refractivity contribution >= 4 is 23.3 Å². The van der Waals surface area contributed by atoms with E-state index in [4.69, 9.17) is 4.74 Å². The number of carbonyl (C=O) groups is 2. The van der Waals surface area contributed by atoms with E-state index in [1.807, 2.05) is 19.1 Å². The number of para-hydroxylation sites is 2. The van der Waals surface area contributed by atoms with Crippen LogP contribution in [0, 0.1) is 0 Å². The van der Waals surface area contributed by atoms with Gasteiger partial charge in [-0.15, -0.1) is 0 Å². The fraction of sp³-hybridized carbons (Fsp3) is 0.200. The fourth-order valence-electron chi connectivity index (χ4n) is 2.12. The number of nitrogens with one attached hydrogen (secondary N) is 2. The first kappa shape index (κ1) is 19.1. The maximum Gasteiger partial charge on any atom is 0.337 e. The Morgan fingerprint density at radius 1 is 1.08 bits per heavy atom. The van der Waals surface area contributed by atoms with Crippen molar-refractivity contribution in [2.24, 2.45) is 0 Å². The zero-order valence-electron chi connectivity index (χ0n) is 14.9. The van der Waals surface area contributed by atoms with Crippen LogP contribution < -0.4 is 15.4 Å². The number of carbonyl (C=O) groups excluding carboxylic acids is 2. The standard InChI is InChI=1S/C20H22N2O4/c1-14(2)13-26-18-7-5-4-6-17(18)22-19(23)12-21-16-10-8-15(9-11-16)20(24)25-3/h4-11,21H,1,12-13H2,2-3H3,(H,22,23). The summed E-state index contributed by atoms with van der Waals surface area (Å²) in [6, 6.07) is 13.9. The molecule has 0 bridgehead atoms. The molecule has 0 aromatic heterocycles. The summed E-state index contributed by atoms with van der Waals surface area (Å²) in [5, 5.41) is 5.81. The van der Waals surface area contributed by atoms with Crippen LogP contribution in [0.25, 0.3) is 0 Å². The lowest BCUT2D eigenvalue weighted by molar-refractivity contribution is -0.114. The quantitative estimate of drug-likeness (QED) is 0.561. The molecule has 0 aliphatic carbocycles. The molecular formula is C20H22N2O4. The zero-order chi connectivity index (χ0) is 18.9. The van der Waals surface area contributed by atoms with E-state index < -0.39 is 5.97 Å². The van der Waals surface area contributed by atoms with E-state index in [0.717, 1.165) is 11.3 Å². The van der Waals surface area contributed by atoms with Gasteiger partial charge < -0.3 is 20.1 Å². The molecule has 2 aromatic carbocycles. The number of amides is 1. The van der Waals surface area contributed by atoms with Gasteiger partial charge in [-0.3, -0.25) is 4.79 Å². The SMILES string of the molecule is C=C(C)COc1ccccc1NC(=O)CNc1ccc(C(=O)OC)cc1. The lowest BCUT2D eigenvalue weighted by Gasteiger charge is -2.13. The number of hydrogen-bond donors (Lipinski definition) is 2. The summed E-state index contributed by atoms with van der Waals surface area (Å²) in [5.74, 6) is -0.0274.